The Morgan fingerprint density at radius 1 is 1.50 bits per heavy atom. The van der Waals surface area contributed by atoms with Crippen molar-refractivity contribution in [3.05, 3.63) is 0 Å². The lowest BCUT2D eigenvalue weighted by molar-refractivity contribution is -0.152. The fourth-order valence-electron chi connectivity index (χ4n) is 3.38. The second-order valence-corrected chi connectivity index (χ2v) is 7.33. The van der Waals surface area contributed by atoms with Crippen molar-refractivity contribution in [3.63, 3.8) is 0 Å². The second-order valence-electron chi connectivity index (χ2n) is 6.12. The van der Waals surface area contributed by atoms with Gasteiger partial charge in [0.1, 0.15) is 6.04 Å². The smallest absolute Gasteiger partial charge is 0.327 e. The molecule has 6 heteroatoms. The van der Waals surface area contributed by atoms with Crippen LogP contribution >= 0.6 is 11.8 Å². The Morgan fingerprint density at radius 2 is 2.20 bits per heavy atom. The molecule has 2 fully saturated rings. The lowest BCUT2D eigenvalue weighted by atomic mass is 9.76. The molecule has 2 aliphatic rings. The Hall–Kier alpha value is -0.750. The third-order valence-electron chi connectivity index (χ3n) is 4.42. The first-order valence-electron chi connectivity index (χ1n) is 7.35. The first kappa shape index (κ1) is 15.6. The number of carboxylic acid groups (broad SMARTS) is 1. The van der Waals surface area contributed by atoms with Crippen LogP contribution < -0.4 is 5.73 Å². The molecule has 3 N–H and O–H groups in total. The highest BCUT2D eigenvalue weighted by atomic mass is 32.2. The maximum Gasteiger partial charge on any atom is 0.327 e. The summed E-state index contributed by atoms with van der Waals surface area (Å²) in [5.41, 5.74) is 5.49. The monoisotopic (exact) mass is 300 g/mol. The van der Waals surface area contributed by atoms with Crippen molar-refractivity contribution in [2.24, 2.45) is 11.7 Å². The fourth-order valence-corrected chi connectivity index (χ4v) is 4.73. The van der Waals surface area contributed by atoms with Gasteiger partial charge in [-0.1, -0.05) is 26.7 Å². The quantitative estimate of drug-likeness (QED) is 0.828. The minimum absolute atomic E-state index is 0.0544. The van der Waals surface area contributed by atoms with Crippen LogP contribution in [0.1, 0.15) is 46.0 Å². The van der Waals surface area contributed by atoms with Gasteiger partial charge in [-0.2, -0.15) is 0 Å². The molecule has 20 heavy (non-hydrogen) atoms. The molecule has 0 radical (unpaired) electrons. The Morgan fingerprint density at radius 3 is 2.75 bits per heavy atom. The van der Waals surface area contributed by atoms with E-state index in [1.165, 1.54) is 0 Å². The van der Waals surface area contributed by atoms with Gasteiger partial charge >= 0.3 is 5.97 Å². The Bertz CT molecular complexity index is 404. The first-order chi connectivity index (χ1) is 9.39. The summed E-state index contributed by atoms with van der Waals surface area (Å²) in [5.74, 6) is -0.190. The van der Waals surface area contributed by atoms with Crippen LogP contribution in [0.5, 0.6) is 0 Å². The minimum Gasteiger partial charge on any atom is -0.480 e. The van der Waals surface area contributed by atoms with Crippen LogP contribution in [0, 0.1) is 5.92 Å². The highest BCUT2D eigenvalue weighted by molar-refractivity contribution is 8.00. The van der Waals surface area contributed by atoms with E-state index in [2.05, 4.69) is 6.92 Å². The van der Waals surface area contributed by atoms with E-state index in [4.69, 9.17) is 5.73 Å². The minimum atomic E-state index is -0.922. The Labute approximate surface area is 124 Å². The standard InChI is InChI=1S/C14H24N2O3S/c1-3-11-16(10(8-20-11)12(17)18)13(19)14(15)6-4-5-9(2)7-14/h9-11H,3-8,15H2,1-2H3,(H,17,18). The number of carboxylic acids is 1. The van der Waals surface area contributed by atoms with Crippen LogP contribution in [0.2, 0.25) is 0 Å². The number of aliphatic carboxylic acids is 1. The molecule has 5 nitrogen and oxygen atoms in total. The molecule has 4 unspecified atom stereocenters. The van der Waals surface area contributed by atoms with E-state index in [0.717, 1.165) is 19.3 Å². The normalized spacial score (nSPS) is 38.0. The highest BCUT2D eigenvalue weighted by Gasteiger charge is 2.48. The van der Waals surface area contributed by atoms with E-state index >= 15 is 0 Å². The zero-order chi connectivity index (χ0) is 14.9. The SMILES string of the molecule is CCC1SCC(C(=O)O)N1C(=O)C1(N)CCCC(C)C1. The maximum atomic E-state index is 12.9. The van der Waals surface area contributed by atoms with Crippen LogP contribution in [-0.2, 0) is 9.59 Å². The van der Waals surface area contributed by atoms with Gasteiger partial charge in [-0.25, -0.2) is 4.79 Å². The average molecular weight is 300 g/mol. The second kappa shape index (κ2) is 5.93. The molecule has 2 rings (SSSR count). The first-order valence-corrected chi connectivity index (χ1v) is 8.40. The molecular formula is C14H24N2O3S. The fraction of sp³-hybridized carbons (Fsp3) is 0.857. The lowest BCUT2D eigenvalue weighted by Gasteiger charge is -2.40. The van der Waals surface area contributed by atoms with Gasteiger partial charge in [-0.3, -0.25) is 4.79 Å². The number of nitrogens with zero attached hydrogens (tertiary/aromatic N) is 1. The van der Waals surface area contributed by atoms with Crippen molar-refractivity contribution in [1.82, 2.24) is 4.90 Å². The summed E-state index contributed by atoms with van der Waals surface area (Å²) < 4.78 is 0. The zero-order valence-corrected chi connectivity index (χ0v) is 13.0. The van der Waals surface area contributed by atoms with Gasteiger partial charge in [0.15, 0.2) is 0 Å². The van der Waals surface area contributed by atoms with E-state index in [9.17, 15) is 14.7 Å². The van der Waals surface area contributed by atoms with Gasteiger partial charge in [0, 0.05) is 5.75 Å². The van der Waals surface area contributed by atoms with E-state index in [0.29, 0.717) is 24.5 Å². The summed E-state index contributed by atoms with van der Waals surface area (Å²) in [6.45, 7) is 4.09. The summed E-state index contributed by atoms with van der Waals surface area (Å²) in [6.07, 6.45) is 4.13. The van der Waals surface area contributed by atoms with Gasteiger partial charge in [-0.05, 0) is 25.2 Å². The summed E-state index contributed by atoms with van der Waals surface area (Å²) in [7, 11) is 0. The van der Waals surface area contributed by atoms with Gasteiger partial charge in [0.25, 0.3) is 0 Å². The molecule has 0 spiro atoms. The predicted molar refractivity (Wildman–Crippen MR) is 79.4 cm³/mol. The third kappa shape index (κ3) is 2.81. The predicted octanol–water partition coefficient (Wildman–Crippen LogP) is 1.66. The molecule has 0 aromatic heterocycles. The van der Waals surface area contributed by atoms with E-state index in [-0.39, 0.29) is 11.3 Å². The topological polar surface area (TPSA) is 83.6 Å². The molecule has 0 aromatic rings. The molecule has 1 heterocycles. The molecule has 114 valence electrons. The largest absolute Gasteiger partial charge is 0.480 e. The van der Waals surface area contributed by atoms with Crippen LogP contribution in [0.3, 0.4) is 0 Å². The highest BCUT2D eigenvalue weighted by Crippen LogP contribution is 2.37. The van der Waals surface area contributed by atoms with Crippen LogP contribution in [0.4, 0.5) is 0 Å². The van der Waals surface area contributed by atoms with Crippen molar-refractivity contribution in [1.29, 1.82) is 0 Å². The molecule has 0 aromatic carbocycles. The molecular weight excluding hydrogens is 276 g/mol. The van der Waals surface area contributed by atoms with Crippen LogP contribution in [-0.4, -0.2) is 44.6 Å². The van der Waals surface area contributed by atoms with Crippen LogP contribution in [0.25, 0.3) is 0 Å². The summed E-state index contributed by atoms with van der Waals surface area (Å²) >= 11 is 1.55. The zero-order valence-electron chi connectivity index (χ0n) is 12.2. The summed E-state index contributed by atoms with van der Waals surface area (Å²) in [4.78, 5) is 25.8. The van der Waals surface area contributed by atoms with E-state index in [1.807, 2.05) is 6.92 Å². The average Bonchev–Trinajstić information content (AvgIpc) is 2.81. The number of nitrogens with two attached hydrogens (primary N) is 1. The number of rotatable bonds is 3. The number of amides is 1. The van der Waals surface area contributed by atoms with Crippen molar-refractivity contribution in [2.45, 2.75) is 62.9 Å². The van der Waals surface area contributed by atoms with Crippen molar-refractivity contribution < 1.29 is 14.7 Å². The third-order valence-corrected chi connectivity index (χ3v) is 5.87. The lowest BCUT2D eigenvalue weighted by Crippen LogP contribution is -2.61. The van der Waals surface area contributed by atoms with Crippen molar-refractivity contribution >= 4 is 23.6 Å². The summed E-state index contributed by atoms with van der Waals surface area (Å²) in [5, 5.41) is 9.28. The Kier molecular flexibility index (Phi) is 4.64. The van der Waals surface area contributed by atoms with E-state index < -0.39 is 17.6 Å². The van der Waals surface area contributed by atoms with Gasteiger partial charge < -0.3 is 15.7 Å². The number of thioether (sulfide) groups is 1. The Balaban J connectivity index is 2.22. The number of carbonyl (C=O) groups excluding carboxylic acids is 1. The molecule has 1 amide bonds. The van der Waals surface area contributed by atoms with Gasteiger partial charge in [0.2, 0.25) is 5.91 Å². The molecule has 4 atom stereocenters. The number of hydrogen-bond acceptors (Lipinski definition) is 4. The van der Waals surface area contributed by atoms with Crippen LogP contribution in [0.15, 0.2) is 0 Å². The maximum absolute atomic E-state index is 12.9. The molecule has 1 saturated carbocycles. The van der Waals surface area contributed by atoms with Crippen molar-refractivity contribution in [2.75, 3.05) is 5.75 Å². The van der Waals surface area contributed by atoms with Crippen molar-refractivity contribution in [3.8, 4) is 0 Å². The molecule has 1 saturated heterocycles. The van der Waals surface area contributed by atoms with E-state index in [1.54, 1.807) is 16.7 Å². The number of hydrogen-bond donors (Lipinski definition) is 2. The van der Waals surface area contributed by atoms with Gasteiger partial charge in [-0.15, -0.1) is 11.8 Å². The number of carbonyl (C=O) groups is 2. The summed E-state index contributed by atoms with van der Waals surface area (Å²) in [6, 6.07) is -0.727. The van der Waals surface area contributed by atoms with Gasteiger partial charge in [0.05, 0.1) is 10.9 Å². The molecule has 1 aliphatic heterocycles. The molecule has 1 aliphatic carbocycles. The molecule has 0 bridgehead atoms.